The van der Waals surface area contributed by atoms with E-state index in [4.69, 9.17) is 21.1 Å². The lowest BCUT2D eigenvalue weighted by Gasteiger charge is -2.13. The van der Waals surface area contributed by atoms with E-state index in [0.29, 0.717) is 37.0 Å². The lowest BCUT2D eigenvalue weighted by Crippen LogP contribution is -2.32. The third-order valence-electron chi connectivity index (χ3n) is 5.09. The number of nitrogens with zero attached hydrogens (tertiary/aromatic N) is 1. The molecule has 0 spiro atoms. The minimum Gasteiger partial charge on any atom is -0.492 e. The first-order valence-electron chi connectivity index (χ1n) is 10.6. The fourth-order valence-corrected chi connectivity index (χ4v) is 5.88. The molecule has 0 unspecified atom stereocenters. The van der Waals surface area contributed by atoms with Gasteiger partial charge in [0.15, 0.2) is 0 Å². The van der Waals surface area contributed by atoms with Crippen molar-refractivity contribution in [1.82, 2.24) is 4.90 Å². The monoisotopic (exact) mass is 635 g/mol. The highest BCUT2D eigenvalue weighted by Crippen LogP contribution is 2.38. The van der Waals surface area contributed by atoms with Gasteiger partial charge in [0, 0.05) is 10.6 Å². The molecular formula is C26H20Br2ClNO4S. The van der Waals surface area contributed by atoms with Crippen molar-refractivity contribution < 1.29 is 19.1 Å². The average Bonchev–Trinajstić information content (AvgIpc) is 3.07. The van der Waals surface area contributed by atoms with E-state index in [1.165, 1.54) is 4.90 Å². The van der Waals surface area contributed by atoms with Crippen molar-refractivity contribution in [3.8, 4) is 11.5 Å². The first kappa shape index (κ1) is 25.8. The maximum absolute atomic E-state index is 12.8. The van der Waals surface area contributed by atoms with Crippen LogP contribution >= 0.6 is 55.2 Å². The van der Waals surface area contributed by atoms with Crippen molar-refractivity contribution in [2.24, 2.45) is 0 Å². The Morgan fingerprint density at radius 3 is 2.46 bits per heavy atom. The minimum absolute atomic E-state index is 0.179. The van der Waals surface area contributed by atoms with Gasteiger partial charge in [-0.25, -0.2) is 0 Å². The van der Waals surface area contributed by atoms with E-state index in [1.54, 1.807) is 6.08 Å². The number of thioether (sulfide) groups is 1. The number of aryl methyl sites for hydroxylation is 1. The zero-order valence-electron chi connectivity index (χ0n) is 18.6. The smallest absolute Gasteiger partial charge is 0.293 e. The second-order valence-corrected chi connectivity index (χ2v) is 10.8. The van der Waals surface area contributed by atoms with E-state index in [0.717, 1.165) is 28.5 Å². The lowest BCUT2D eigenvalue weighted by molar-refractivity contribution is -0.123. The molecule has 0 aliphatic carbocycles. The van der Waals surface area contributed by atoms with Crippen LogP contribution in [-0.4, -0.2) is 29.2 Å². The Morgan fingerprint density at radius 2 is 1.74 bits per heavy atom. The molecule has 180 valence electrons. The molecule has 1 heterocycles. The van der Waals surface area contributed by atoms with Gasteiger partial charge in [-0.1, -0.05) is 41.9 Å². The van der Waals surface area contributed by atoms with E-state index in [2.05, 4.69) is 31.9 Å². The van der Waals surface area contributed by atoms with Gasteiger partial charge in [0.05, 0.1) is 20.4 Å². The van der Waals surface area contributed by atoms with Crippen molar-refractivity contribution >= 4 is 72.4 Å². The van der Waals surface area contributed by atoms with Gasteiger partial charge < -0.3 is 9.47 Å². The molecule has 0 bridgehead atoms. The fraction of sp³-hybridized carbons (Fsp3) is 0.154. The van der Waals surface area contributed by atoms with Gasteiger partial charge >= 0.3 is 0 Å². The summed E-state index contributed by atoms with van der Waals surface area (Å²) in [4.78, 5) is 26.8. The number of amides is 2. The van der Waals surface area contributed by atoms with Crippen LogP contribution in [0.15, 0.2) is 74.5 Å². The standard InChI is InChI=1S/C26H20Br2ClNO4S/c1-16-5-4-7-19(11-16)33-10-9-30-25(31)23(35-26(30)32)14-17-12-20(27)24(21(28)13-17)34-15-18-6-2-3-8-22(18)29/h2-8,11-14H,9-10,15H2,1H3/b23-14-. The predicted molar refractivity (Wildman–Crippen MR) is 147 cm³/mol. The van der Waals surface area contributed by atoms with Crippen molar-refractivity contribution in [2.45, 2.75) is 13.5 Å². The van der Waals surface area contributed by atoms with Crippen LogP contribution in [0.2, 0.25) is 5.02 Å². The van der Waals surface area contributed by atoms with Crippen molar-refractivity contribution in [3.05, 3.63) is 96.2 Å². The summed E-state index contributed by atoms with van der Waals surface area (Å²) >= 11 is 14.2. The number of imide groups is 1. The number of hydrogen-bond donors (Lipinski definition) is 0. The van der Waals surface area contributed by atoms with Gasteiger partial charge in [-0.2, -0.15) is 0 Å². The molecule has 0 radical (unpaired) electrons. The molecule has 9 heteroatoms. The molecule has 5 nitrogen and oxygen atoms in total. The predicted octanol–water partition coefficient (Wildman–Crippen LogP) is 7.87. The average molecular weight is 638 g/mol. The topological polar surface area (TPSA) is 55.8 Å². The van der Waals surface area contributed by atoms with Gasteiger partial charge in [-0.3, -0.25) is 14.5 Å². The molecule has 3 aromatic carbocycles. The molecule has 1 aliphatic heterocycles. The summed E-state index contributed by atoms with van der Waals surface area (Å²) in [6, 6.07) is 18.8. The van der Waals surface area contributed by atoms with Crippen LogP contribution in [0.25, 0.3) is 6.08 Å². The Kier molecular flexibility index (Phi) is 8.59. The normalized spacial score (nSPS) is 14.6. The number of carbonyl (C=O) groups is 2. The van der Waals surface area contributed by atoms with Gasteiger partial charge in [0.25, 0.3) is 11.1 Å². The van der Waals surface area contributed by atoms with Crippen LogP contribution in [0.3, 0.4) is 0 Å². The molecule has 2 amide bonds. The van der Waals surface area contributed by atoms with Crippen LogP contribution in [0.4, 0.5) is 4.79 Å². The molecular weight excluding hydrogens is 618 g/mol. The largest absolute Gasteiger partial charge is 0.492 e. The minimum atomic E-state index is -0.334. The summed E-state index contributed by atoms with van der Waals surface area (Å²) in [7, 11) is 0. The second-order valence-electron chi connectivity index (χ2n) is 7.69. The number of benzene rings is 3. The van der Waals surface area contributed by atoms with Gasteiger partial charge in [0.2, 0.25) is 0 Å². The number of ether oxygens (including phenoxy) is 2. The van der Waals surface area contributed by atoms with Crippen LogP contribution in [0, 0.1) is 6.92 Å². The van der Waals surface area contributed by atoms with Gasteiger partial charge in [0.1, 0.15) is 24.7 Å². The molecule has 0 aromatic heterocycles. The van der Waals surface area contributed by atoms with Crippen molar-refractivity contribution in [2.75, 3.05) is 13.2 Å². The Hall–Kier alpha value is -2.26. The molecule has 0 atom stereocenters. The Labute approximate surface area is 229 Å². The SMILES string of the molecule is Cc1cccc(OCCN2C(=O)S/C(=C\c3cc(Br)c(OCc4ccccc4Cl)c(Br)c3)C2=O)c1. The summed E-state index contributed by atoms with van der Waals surface area (Å²) in [5, 5.41) is 0.322. The van der Waals surface area contributed by atoms with Crippen LogP contribution in [0.5, 0.6) is 11.5 Å². The first-order valence-corrected chi connectivity index (χ1v) is 13.4. The zero-order chi connectivity index (χ0) is 24.9. The maximum Gasteiger partial charge on any atom is 0.293 e. The van der Waals surface area contributed by atoms with Crippen LogP contribution in [-0.2, 0) is 11.4 Å². The summed E-state index contributed by atoms with van der Waals surface area (Å²) in [5.41, 5.74) is 2.70. The highest BCUT2D eigenvalue weighted by molar-refractivity contribution is 9.11. The third kappa shape index (κ3) is 6.50. The molecule has 1 aliphatic rings. The fourth-order valence-electron chi connectivity index (χ4n) is 3.37. The summed E-state index contributed by atoms with van der Waals surface area (Å²) in [6.07, 6.45) is 1.69. The third-order valence-corrected chi connectivity index (χ3v) is 7.55. The van der Waals surface area contributed by atoms with Crippen LogP contribution < -0.4 is 9.47 Å². The summed E-state index contributed by atoms with van der Waals surface area (Å²) in [6.45, 7) is 2.68. The number of halogens is 3. The number of hydrogen-bond acceptors (Lipinski definition) is 5. The molecule has 0 N–H and O–H groups in total. The van der Waals surface area contributed by atoms with E-state index >= 15 is 0 Å². The highest BCUT2D eigenvalue weighted by Gasteiger charge is 2.34. The summed E-state index contributed by atoms with van der Waals surface area (Å²) in [5.74, 6) is 0.988. The second kappa shape index (κ2) is 11.6. The molecule has 3 aromatic rings. The van der Waals surface area contributed by atoms with Gasteiger partial charge in [-0.05, 0) is 98.1 Å². The van der Waals surface area contributed by atoms with Crippen molar-refractivity contribution in [3.63, 3.8) is 0 Å². The molecule has 35 heavy (non-hydrogen) atoms. The lowest BCUT2D eigenvalue weighted by atomic mass is 10.2. The Bertz CT molecular complexity index is 1290. The van der Waals surface area contributed by atoms with Gasteiger partial charge in [-0.15, -0.1) is 0 Å². The quantitative estimate of drug-likeness (QED) is 0.236. The summed E-state index contributed by atoms with van der Waals surface area (Å²) < 4.78 is 13.1. The molecule has 0 saturated carbocycles. The molecule has 4 rings (SSSR count). The Balaban J connectivity index is 1.41. The first-order chi connectivity index (χ1) is 16.8. The number of carbonyl (C=O) groups excluding carboxylic acids is 2. The zero-order valence-corrected chi connectivity index (χ0v) is 23.3. The molecule has 1 saturated heterocycles. The van der Waals surface area contributed by atoms with E-state index < -0.39 is 0 Å². The van der Waals surface area contributed by atoms with E-state index in [1.807, 2.05) is 67.6 Å². The van der Waals surface area contributed by atoms with Crippen molar-refractivity contribution in [1.29, 1.82) is 0 Å². The van der Waals surface area contributed by atoms with E-state index in [-0.39, 0.29) is 24.3 Å². The maximum atomic E-state index is 12.8. The number of rotatable bonds is 8. The highest BCUT2D eigenvalue weighted by atomic mass is 79.9. The van der Waals surface area contributed by atoms with Crippen LogP contribution in [0.1, 0.15) is 16.7 Å². The Morgan fingerprint density at radius 1 is 1.00 bits per heavy atom. The molecule has 1 fully saturated rings. The van der Waals surface area contributed by atoms with E-state index in [9.17, 15) is 9.59 Å².